The summed E-state index contributed by atoms with van der Waals surface area (Å²) in [6.07, 6.45) is 12.8. The number of imidazole rings is 3. The van der Waals surface area contributed by atoms with Crippen LogP contribution < -0.4 is 0 Å². The van der Waals surface area contributed by atoms with E-state index in [1.54, 1.807) is 0 Å². The van der Waals surface area contributed by atoms with E-state index in [4.69, 9.17) is 0 Å². The zero-order valence-corrected chi connectivity index (χ0v) is 19.5. The van der Waals surface area contributed by atoms with E-state index >= 15 is 0 Å². The second-order valence-electron chi connectivity index (χ2n) is 5.46. The van der Waals surface area contributed by atoms with Crippen LogP contribution in [0.3, 0.4) is 0 Å². The predicted octanol–water partition coefficient (Wildman–Crippen LogP) is 2.60. The summed E-state index contributed by atoms with van der Waals surface area (Å²) in [5.41, 5.74) is 0. The first-order valence-electron chi connectivity index (χ1n) is 7.01. The van der Waals surface area contributed by atoms with Crippen molar-refractivity contribution in [3.63, 3.8) is 0 Å². The van der Waals surface area contributed by atoms with Crippen LogP contribution in [0.4, 0.5) is 0 Å². The third-order valence-corrected chi connectivity index (χ3v) is 9.89. The Morgan fingerprint density at radius 1 is 0.440 bits per heavy atom. The molecule has 0 bridgehead atoms. The fourth-order valence-electron chi connectivity index (χ4n) is 2.46. The van der Waals surface area contributed by atoms with Gasteiger partial charge in [0.15, 0.2) is 0 Å². The van der Waals surface area contributed by atoms with Crippen LogP contribution in [0, 0.1) is 34.6 Å². The molecule has 6 nitrogen and oxygen atoms in total. The Labute approximate surface area is 177 Å². The summed E-state index contributed by atoms with van der Waals surface area (Å²) in [6, 6.07) is 0. The van der Waals surface area contributed by atoms with Gasteiger partial charge in [-0.15, -0.1) is 37.2 Å². The second kappa shape index (κ2) is 9.62. The van der Waals surface area contributed by atoms with Gasteiger partial charge in [0.05, 0.1) is 0 Å². The summed E-state index contributed by atoms with van der Waals surface area (Å²) >= 11 is -1.62. The van der Waals surface area contributed by atoms with Crippen LogP contribution >= 0.6 is 37.2 Å². The average Bonchev–Trinajstić information content (AvgIpc) is 3.08. The van der Waals surface area contributed by atoms with E-state index in [2.05, 4.69) is 107 Å². The van der Waals surface area contributed by atoms with E-state index < -0.39 is 29.9 Å². The summed E-state index contributed by atoms with van der Waals surface area (Å²) in [6.45, 7) is 0. The van der Waals surface area contributed by atoms with E-state index in [1.807, 2.05) is 0 Å². The molecule has 0 aliphatic heterocycles. The van der Waals surface area contributed by atoms with Gasteiger partial charge in [-0.1, -0.05) is 0 Å². The Bertz CT molecular complexity index is 906. The summed E-state index contributed by atoms with van der Waals surface area (Å²) in [4.78, 5) is 0. The van der Waals surface area contributed by atoms with Crippen molar-refractivity contribution in [2.75, 3.05) is 0 Å². The van der Waals surface area contributed by atoms with Gasteiger partial charge in [-0.3, -0.25) is 0 Å². The van der Waals surface area contributed by atoms with Gasteiger partial charge < -0.3 is 0 Å². The van der Waals surface area contributed by atoms with Crippen molar-refractivity contribution in [3.8, 4) is 0 Å². The fourth-order valence-corrected chi connectivity index (χ4v) is 8.32. The topological polar surface area (TPSA) is 29.6 Å². The van der Waals surface area contributed by atoms with E-state index in [9.17, 15) is 0 Å². The van der Waals surface area contributed by atoms with Crippen molar-refractivity contribution in [1.82, 2.24) is 27.4 Å². The van der Waals surface area contributed by atoms with Gasteiger partial charge in [0.25, 0.3) is 0 Å². The Kier molecular flexibility index (Phi) is 9.52. The molecule has 0 atom stereocenters. The Balaban J connectivity index is 0.00000192. The summed E-state index contributed by atoms with van der Waals surface area (Å²) in [7, 11) is 12.8. The van der Waals surface area contributed by atoms with Gasteiger partial charge >= 0.3 is 141 Å². The molecule has 0 N–H and O–H groups in total. The van der Waals surface area contributed by atoms with Crippen LogP contribution in [-0.4, -0.2) is 27.4 Å². The summed E-state index contributed by atoms with van der Waals surface area (Å²) in [5, 5.41) is 0. The first-order chi connectivity index (χ1) is 10.4. The number of aromatic nitrogens is 6. The van der Waals surface area contributed by atoms with Crippen molar-refractivity contribution in [3.05, 3.63) is 41.8 Å². The van der Waals surface area contributed by atoms with Crippen molar-refractivity contribution in [2.45, 2.75) is 0 Å². The van der Waals surface area contributed by atoms with Crippen molar-refractivity contribution in [2.24, 2.45) is 42.3 Å². The van der Waals surface area contributed by atoms with Gasteiger partial charge in [0.1, 0.15) is 0 Å². The number of rotatable bonds is 0. The molecule has 3 aromatic heterocycles. The molecule has 3 aromatic rings. The Hall–Kier alpha value is -0.253. The van der Waals surface area contributed by atoms with Crippen molar-refractivity contribution < 1.29 is 29.9 Å². The molecule has 0 spiro atoms. The molecule has 0 aliphatic rings. The van der Waals surface area contributed by atoms with Gasteiger partial charge in [-0.25, -0.2) is 0 Å². The number of hydrogen-bond acceptors (Lipinski definition) is 0. The summed E-state index contributed by atoms with van der Waals surface area (Å²) < 4.78 is 17.7. The number of halogens is 3. The Morgan fingerprint density at radius 3 is 0.760 bits per heavy atom. The van der Waals surface area contributed by atoms with Crippen LogP contribution in [0.1, 0.15) is 0 Å². The number of hydrogen-bond donors (Lipinski definition) is 0. The molecule has 0 unspecified atom stereocenters. The van der Waals surface area contributed by atoms with Crippen LogP contribution in [-0.2, 0) is 42.3 Å². The maximum atomic E-state index is 2.26. The van der Waals surface area contributed by atoms with E-state index in [1.165, 1.54) is 4.65 Å². The van der Waals surface area contributed by atoms with Gasteiger partial charge in [0, 0.05) is 0 Å². The van der Waals surface area contributed by atoms with Crippen LogP contribution in [0.5, 0.6) is 0 Å². The normalized spacial score (nSPS) is 10.6. The standard InChI is InChI=1S/3C5H8N2.3ClH.Er/c3*1-6-3-4-7(2)5-6;;;;/h3*3-4H,1-2H3;3*1H;. The van der Waals surface area contributed by atoms with Crippen molar-refractivity contribution >= 4 is 37.2 Å². The zero-order chi connectivity index (χ0) is 16.0. The van der Waals surface area contributed by atoms with Crippen LogP contribution in [0.25, 0.3) is 0 Å². The van der Waals surface area contributed by atoms with Crippen LogP contribution in [0.2, 0.25) is 0 Å². The molecule has 0 radical (unpaired) electrons. The van der Waals surface area contributed by atoms with E-state index in [-0.39, 0.29) is 37.2 Å². The first-order valence-corrected chi connectivity index (χ1v) is 9.79. The molecule has 0 saturated heterocycles. The summed E-state index contributed by atoms with van der Waals surface area (Å²) in [5.74, 6) is 0. The fraction of sp³-hybridized carbons (Fsp3) is 0.400. The number of nitrogens with zero attached hydrogens (tertiary/aromatic N) is 6. The predicted molar refractivity (Wildman–Crippen MR) is 105 cm³/mol. The number of aryl methyl sites for hydroxylation is 6. The molecule has 25 heavy (non-hydrogen) atoms. The van der Waals surface area contributed by atoms with Crippen LogP contribution in [0.15, 0.2) is 37.2 Å². The molecule has 3 heterocycles. The first kappa shape index (κ1) is 24.7. The average molecular weight is 565 g/mol. The maximum absolute atomic E-state index is 2.26. The SMILES string of the molecule is Cl.Cl.Cl.Cn1ccn(C)[c]1=[Er](=[c]1n(C)ccn1C)=[c]1n(C)ccn1C. The quantitative estimate of drug-likeness (QED) is 0.402. The molecule has 0 fully saturated rings. The van der Waals surface area contributed by atoms with Gasteiger partial charge in [-0.05, 0) is 0 Å². The third kappa shape index (κ3) is 4.36. The second-order valence-corrected chi connectivity index (χ2v) is 9.34. The van der Waals surface area contributed by atoms with Gasteiger partial charge in [-0.2, -0.15) is 0 Å². The molecule has 10 heteroatoms. The molecule has 150 valence electrons. The Morgan fingerprint density at radius 2 is 0.600 bits per heavy atom. The van der Waals surface area contributed by atoms with E-state index in [0.29, 0.717) is 0 Å². The third-order valence-electron chi connectivity index (χ3n) is 3.49. The minimum absolute atomic E-state index is 0. The molecule has 0 amide bonds. The van der Waals surface area contributed by atoms with Crippen molar-refractivity contribution in [1.29, 1.82) is 0 Å². The molecular formula is C15H27Cl3ErN6. The molecule has 0 aliphatic carbocycles. The minimum atomic E-state index is -1.62. The zero-order valence-electron chi connectivity index (χ0n) is 15.2. The monoisotopic (exact) mass is 562 g/mol. The van der Waals surface area contributed by atoms with Gasteiger partial charge in [0.2, 0.25) is 0 Å². The molecule has 0 saturated carbocycles. The molecule has 3 rings (SSSR count). The molecular weight excluding hydrogens is 538 g/mol. The molecule has 0 aromatic carbocycles. The van der Waals surface area contributed by atoms with E-state index in [0.717, 1.165) is 0 Å².